The molecule has 1 aliphatic heterocycles. The molecule has 0 saturated heterocycles. The number of para-hydroxylation sites is 1. The first-order valence-electron chi connectivity index (χ1n) is 3.65. The van der Waals surface area contributed by atoms with Gasteiger partial charge >= 0.3 is 0 Å². The number of rotatable bonds is 1. The highest BCUT2D eigenvalue weighted by Gasteiger charge is 2.31. The monoisotopic (exact) mass is 164 g/mol. The third-order valence-corrected chi connectivity index (χ3v) is 1.81. The van der Waals surface area contributed by atoms with Crippen LogP contribution in [0, 0.1) is 0 Å². The van der Waals surface area contributed by atoms with E-state index in [1.54, 1.807) is 18.2 Å². The van der Waals surface area contributed by atoms with Crippen molar-refractivity contribution in [2.45, 2.75) is 6.29 Å². The van der Waals surface area contributed by atoms with E-state index in [9.17, 15) is 4.79 Å². The van der Waals surface area contributed by atoms with Crippen LogP contribution >= 0.6 is 0 Å². The van der Waals surface area contributed by atoms with Crippen molar-refractivity contribution < 1.29 is 14.3 Å². The van der Waals surface area contributed by atoms with Crippen LogP contribution in [0.25, 0.3) is 0 Å². The number of benzene rings is 1. The number of fused-ring (bicyclic) bond motifs is 1. The van der Waals surface area contributed by atoms with Crippen LogP contribution in [0.15, 0.2) is 24.3 Å². The molecule has 0 aromatic heterocycles. The Kier molecular flexibility index (Phi) is 1.59. The van der Waals surface area contributed by atoms with Crippen LogP contribution in [-0.4, -0.2) is 19.2 Å². The third-order valence-electron chi connectivity index (χ3n) is 1.81. The maximum Gasteiger partial charge on any atom is 0.264 e. The zero-order valence-electron chi connectivity index (χ0n) is 6.61. The van der Waals surface area contributed by atoms with Crippen LogP contribution in [0.2, 0.25) is 0 Å². The van der Waals surface area contributed by atoms with Crippen molar-refractivity contribution in [1.82, 2.24) is 0 Å². The molecule has 0 N–H and O–H groups in total. The third kappa shape index (κ3) is 0.905. The van der Waals surface area contributed by atoms with Gasteiger partial charge in [0.2, 0.25) is 5.78 Å². The molecule has 0 bridgehead atoms. The lowest BCUT2D eigenvalue weighted by Gasteiger charge is -2.04. The number of ether oxygens (including phenoxy) is 2. The minimum Gasteiger partial charge on any atom is -0.456 e. The Morgan fingerprint density at radius 1 is 1.42 bits per heavy atom. The van der Waals surface area contributed by atoms with Crippen molar-refractivity contribution in [1.29, 1.82) is 0 Å². The normalized spacial score (nSPS) is 20.4. The molecule has 12 heavy (non-hydrogen) atoms. The van der Waals surface area contributed by atoms with E-state index in [4.69, 9.17) is 9.47 Å². The van der Waals surface area contributed by atoms with Crippen molar-refractivity contribution in [3.63, 3.8) is 0 Å². The Morgan fingerprint density at radius 2 is 2.17 bits per heavy atom. The second kappa shape index (κ2) is 2.60. The Bertz CT molecular complexity index is 319. The molecule has 3 heteroatoms. The van der Waals surface area contributed by atoms with E-state index in [2.05, 4.69) is 0 Å². The molecule has 2 rings (SSSR count). The first-order chi connectivity index (χ1) is 5.83. The summed E-state index contributed by atoms with van der Waals surface area (Å²) in [5, 5.41) is 0. The van der Waals surface area contributed by atoms with Crippen LogP contribution in [0.3, 0.4) is 0 Å². The fourth-order valence-corrected chi connectivity index (χ4v) is 1.22. The Morgan fingerprint density at radius 3 is 2.83 bits per heavy atom. The number of carbonyl (C=O) groups excluding carboxylic acids is 1. The van der Waals surface area contributed by atoms with Crippen LogP contribution < -0.4 is 4.74 Å². The molecule has 0 spiro atoms. The minimum atomic E-state index is -0.748. The van der Waals surface area contributed by atoms with Gasteiger partial charge in [-0.1, -0.05) is 12.1 Å². The SMILES string of the molecule is CO[C@H]1Oc2ccccc2C1=O. The fourth-order valence-electron chi connectivity index (χ4n) is 1.22. The van der Waals surface area contributed by atoms with Gasteiger partial charge in [-0.15, -0.1) is 0 Å². The predicted molar refractivity (Wildman–Crippen MR) is 42.2 cm³/mol. The maximum absolute atomic E-state index is 11.4. The molecule has 1 aromatic carbocycles. The maximum atomic E-state index is 11.4. The molecular weight excluding hydrogens is 156 g/mol. The van der Waals surface area contributed by atoms with E-state index in [1.165, 1.54) is 7.11 Å². The van der Waals surface area contributed by atoms with Crippen LogP contribution in [0.5, 0.6) is 5.75 Å². The van der Waals surface area contributed by atoms with E-state index >= 15 is 0 Å². The summed E-state index contributed by atoms with van der Waals surface area (Å²) < 4.78 is 10.0. The molecule has 1 aromatic rings. The summed E-state index contributed by atoms with van der Waals surface area (Å²) in [6.45, 7) is 0. The van der Waals surface area contributed by atoms with E-state index in [0.29, 0.717) is 11.3 Å². The first kappa shape index (κ1) is 7.31. The number of ketones is 1. The average Bonchev–Trinajstić information content (AvgIpc) is 2.44. The van der Waals surface area contributed by atoms with Crippen LogP contribution in [0.1, 0.15) is 10.4 Å². The molecule has 1 heterocycles. The summed E-state index contributed by atoms with van der Waals surface area (Å²) in [6, 6.07) is 7.12. The Hall–Kier alpha value is -1.35. The van der Waals surface area contributed by atoms with Gasteiger partial charge in [-0.05, 0) is 12.1 Å². The number of methoxy groups -OCH3 is 1. The second-order valence-corrected chi connectivity index (χ2v) is 2.55. The van der Waals surface area contributed by atoms with Crippen molar-refractivity contribution >= 4 is 5.78 Å². The van der Waals surface area contributed by atoms with Gasteiger partial charge in [-0.2, -0.15) is 0 Å². The largest absolute Gasteiger partial charge is 0.456 e. The highest BCUT2D eigenvalue weighted by atomic mass is 16.7. The van der Waals surface area contributed by atoms with E-state index in [-0.39, 0.29) is 5.78 Å². The summed E-state index contributed by atoms with van der Waals surface area (Å²) in [5.74, 6) is 0.502. The quantitative estimate of drug-likeness (QED) is 0.626. The molecule has 0 amide bonds. The topological polar surface area (TPSA) is 35.5 Å². The average molecular weight is 164 g/mol. The Labute approximate surface area is 69.9 Å². The van der Waals surface area contributed by atoms with Gasteiger partial charge in [0.1, 0.15) is 5.75 Å². The van der Waals surface area contributed by atoms with Crippen molar-refractivity contribution in [2.24, 2.45) is 0 Å². The lowest BCUT2D eigenvalue weighted by Crippen LogP contribution is -2.21. The van der Waals surface area contributed by atoms with Crippen LogP contribution in [0.4, 0.5) is 0 Å². The van der Waals surface area contributed by atoms with E-state index in [1.807, 2.05) is 6.07 Å². The molecule has 62 valence electrons. The molecule has 0 unspecified atom stereocenters. The minimum absolute atomic E-state index is 0.104. The Balaban J connectivity index is 2.42. The molecule has 0 aliphatic carbocycles. The fraction of sp³-hybridized carbons (Fsp3) is 0.222. The zero-order valence-corrected chi connectivity index (χ0v) is 6.61. The standard InChI is InChI=1S/C9H8O3/c1-11-9-8(10)6-4-2-3-5-7(6)12-9/h2-5,9H,1H3/t9-/m0/s1. The van der Waals surface area contributed by atoms with Gasteiger partial charge in [0.05, 0.1) is 5.56 Å². The molecular formula is C9H8O3. The highest BCUT2D eigenvalue weighted by molar-refractivity contribution is 6.03. The summed E-state index contributed by atoms with van der Waals surface area (Å²) in [5.41, 5.74) is 0.601. The number of Topliss-reactive ketones (excluding diaryl/α,β-unsaturated/α-hetero) is 1. The molecule has 3 nitrogen and oxygen atoms in total. The molecule has 0 radical (unpaired) electrons. The number of hydrogen-bond acceptors (Lipinski definition) is 3. The number of hydrogen-bond donors (Lipinski definition) is 0. The van der Waals surface area contributed by atoms with Gasteiger partial charge in [-0.25, -0.2) is 0 Å². The summed E-state index contributed by atoms with van der Waals surface area (Å²) >= 11 is 0. The molecule has 1 atom stereocenters. The molecule has 0 saturated carbocycles. The van der Waals surface area contributed by atoms with Gasteiger partial charge in [0, 0.05) is 7.11 Å². The van der Waals surface area contributed by atoms with Gasteiger partial charge in [0.15, 0.2) is 0 Å². The molecule has 0 fully saturated rings. The summed E-state index contributed by atoms with van der Waals surface area (Å²) in [7, 11) is 1.45. The van der Waals surface area contributed by atoms with Gasteiger partial charge in [-0.3, -0.25) is 4.79 Å². The van der Waals surface area contributed by atoms with E-state index in [0.717, 1.165) is 0 Å². The molecule has 1 aliphatic rings. The van der Waals surface area contributed by atoms with Crippen molar-refractivity contribution in [2.75, 3.05) is 7.11 Å². The van der Waals surface area contributed by atoms with E-state index < -0.39 is 6.29 Å². The number of carbonyl (C=O) groups is 1. The summed E-state index contributed by atoms with van der Waals surface area (Å²) in [4.78, 5) is 11.4. The lowest BCUT2D eigenvalue weighted by molar-refractivity contribution is -0.0214. The van der Waals surface area contributed by atoms with Crippen molar-refractivity contribution in [3.05, 3.63) is 29.8 Å². The van der Waals surface area contributed by atoms with Crippen molar-refractivity contribution in [3.8, 4) is 5.75 Å². The second-order valence-electron chi connectivity index (χ2n) is 2.55. The predicted octanol–water partition coefficient (Wildman–Crippen LogP) is 1.23. The first-order valence-corrected chi connectivity index (χ1v) is 3.65. The van der Waals surface area contributed by atoms with Gasteiger partial charge in [0.25, 0.3) is 6.29 Å². The zero-order chi connectivity index (χ0) is 8.55. The summed E-state index contributed by atoms with van der Waals surface area (Å²) in [6.07, 6.45) is -0.748. The van der Waals surface area contributed by atoms with Gasteiger partial charge < -0.3 is 9.47 Å². The lowest BCUT2D eigenvalue weighted by atomic mass is 10.1. The van der Waals surface area contributed by atoms with Crippen LogP contribution in [-0.2, 0) is 4.74 Å². The highest BCUT2D eigenvalue weighted by Crippen LogP contribution is 2.27. The smallest absolute Gasteiger partial charge is 0.264 e.